The van der Waals surface area contributed by atoms with Gasteiger partial charge in [0.15, 0.2) is 5.96 Å². The molecule has 0 aromatic rings. The number of amides is 1. The minimum atomic E-state index is -4.21. The summed E-state index contributed by atoms with van der Waals surface area (Å²) in [6.07, 6.45) is -4.21. The van der Waals surface area contributed by atoms with Gasteiger partial charge in [-0.05, 0) is 20.8 Å². The van der Waals surface area contributed by atoms with Gasteiger partial charge in [-0.15, -0.1) is 0 Å². The fraction of sp³-hybridized carbons (Fsp3) is 0.867. The molecule has 1 heterocycles. The largest absolute Gasteiger partial charge is 0.403 e. The highest BCUT2D eigenvalue weighted by Gasteiger charge is 2.41. The molecule has 0 aromatic carbocycles. The maximum absolute atomic E-state index is 12.8. The van der Waals surface area contributed by atoms with Crippen LogP contribution in [0.5, 0.6) is 0 Å². The van der Waals surface area contributed by atoms with Crippen molar-refractivity contribution in [1.29, 1.82) is 0 Å². The lowest BCUT2D eigenvalue weighted by Gasteiger charge is -2.40. The molecule has 1 aliphatic rings. The molecule has 0 radical (unpaired) electrons. The van der Waals surface area contributed by atoms with E-state index in [1.807, 2.05) is 18.7 Å². The Kier molecular flexibility index (Phi) is 7.31. The Hall–Kier alpha value is -1.51. The zero-order valence-electron chi connectivity index (χ0n) is 15.0. The van der Waals surface area contributed by atoms with E-state index in [1.165, 1.54) is 16.7 Å². The van der Waals surface area contributed by atoms with Gasteiger partial charge in [-0.3, -0.25) is 9.69 Å². The minimum absolute atomic E-state index is 0.0151. The van der Waals surface area contributed by atoms with Crippen LogP contribution in [0.4, 0.5) is 13.2 Å². The molecule has 24 heavy (non-hydrogen) atoms. The molecule has 1 rings (SSSR count). The second-order valence-corrected chi connectivity index (χ2v) is 6.47. The second-order valence-electron chi connectivity index (χ2n) is 6.47. The van der Waals surface area contributed by atoms with E-state index in [0.29, 0.717) is 32.1 Å². The highest BCUT2D eigenvalue weighted by Crippen LogP contribution is 2.25. The molecule has 1 saturated heterocycles. The molecule has 1 N–H and O–H groups in total. The van der Waals surface area contributed by atoms with Crippen LogP contribution in [-0.4, -0.2) is 91.6 Å². The van der Waals surface area contributed by atoms with Gasteiger partial charge >= 0.3 is 6.18 Å². The predicted octanol–water partition coefficient (Wildman–Crippen LogP) is 0.997. The van der Waals surface area contributed by atoms with Crippen molar-refractivity contribution in [3.63, 3.8) is 0 Å². The summed E-state index contributed by atoms with van der Waals surface area (Å²) in [5, 5.41) is 3.18. The number of hydrogen-bond donors (Lipinski definition) is 1. The highest BCUT2D eigenvalue weighted by atomic mass is 19.4. The number of likely N-dealkylation sites (N-methyl/N-ethyl adjacent to an activating group) is 1. The number of rotatable bonds is 4. The van der Waals surface area contributed by atoms with Crippen molar-refractivity contribution in [2.24, 2.45) is 4.99 Å². The third-order valence-corrected chi connectivity index (χ3v) is 3.92. The number of guanidine groups is 1. The molecule has 1 amide bonds. The van der Waals surface area contributed by atoms with E-state index in [9.17, 15) is 18.0 Å². The van der Waals surface area contributed by atoms with Crippen LogP contribution in [0.25, 0.3) is 0 Å². The topological polar surface area (TPSA) is 51.2 Å². The van der Waals surface area contributed by atoms with Crippen molar-refractivity contribution in [2.75, 3.05) is 46.8 Å². The van der Waals surface area contributed by atoms with E-state index in [0.717, 1.165) is 0 Å². The van der Waals surface area contributed by atoms with Crippen LogP contribution >= 0.6 is 0 Å². The molecule has 6 nitrogen and oxygen atoms in total. The molecule has 1 fully saturated rings. The molecule has 1 aliphatic heterocycles. The summed E-state index contributed by atoms with van der Waals surface area (Å²) < 4.78 is 38.4. The van der Waals surface area contributed by atoms with Crippen molar-refractivity contribution < 1.29 is 18.0 Å². The van der Waals surface area contributed by atoms with E-state index in [-0.39, 0.29) is 18.5 Å². The standard InChI is InChI=1S/C15H28F3N5O/c1-11(2)20-14(19-10-13(24)21(4)5)23-8-6-22(7-9-23)12(3)15(16,17)18/h11-12H,6-10H2,1-5H3,(H,19,20). The first-order valence-corrected chi connectivity index (χ1v) is 8.09. The van der Waals surface area contributed by atoms with Crippen LogP contribution in [0.1, 0.15) is 20.8 Å². The molecule has 1 unspecified atom stereocenters. The minimum Gasteiger partial charge on any atom is -0.354 e. The van der Waals surface area contributed by atoms with Gasteiger partial charge in [0.2, 0.25) is 5.91 Å². The summed E-state index contributed by atoms with van der Waals surface area (Å²) in [6, 6.07) is -1.33. The highest BCUT2D eigenvalue weighted by molar-refractivity contribution is 5.85. The van der Waals surface area contributed by atoms with Crippen molar-refractivity contribution in [2.45, 2.75) is 39.0 Å². The van der Waals surface area contributed by atoms with Crippen LogP contribution in [0.3, 0.4) is 0 Å². The van der Waals surface area contributed by atoms with Crippen LogP contribution in [0.2, 0.25) is 0 Å². The van der Waals surface area contributed by atoms with Crippen molar-refractivity contribution in [3.8, 4) is 0 Å². The van der Waals surface area contributed by atoms with E-state index in [2.05, 4.69) is 10.3 Å². The summed E-state index contributed by atoms with van der Waals surface area (Å²) >= 11 is 0. The predicted molar refractivity (Wildman–Crippen MR) is 87.9 cm³/mol. The van der Waals surface area contributed by atoms with Gasteiger partial charge in [-0.2, -0.15) is 13.2 Å². The van der Waals surface area contributed by atoms with Crippen molar-refractivity contribution in [3.05, 3.63) is 0 Å². The summed E-state index contributed by atoms with van der Waals surface area (Å²) in [6.45, 7) is 6.59. The SMILES string of the molecule is CC(C)NC(=NCC(=O)N(C)C)N1CCN(C(C)C(F)(F)F)CC1. The van der Waals surface area contributed by atoms with E-state index in [1.54, 1.807) is 14.1 Å². The number of carbonyl (C=O) groups is 1. The van der Waals surface area contributed by atoms with Gasteiger partial charge in [0.25, 0.3) is 0 Å². The Bertz CT molecular complexity index is 443. The second kappa shape index (κ2) is 8.55. The van der Waals surface area contributed by atoms with Gasteiger partial charge in [0, 0.05) is 46.3 Å². The molecule has 0 spiro atoms. The van der Waals surface area contributed by atoms with E-state index < -0.39 is 12.2 Å². The average Bonchev–Trinajstić information content (AvgIpc) is 2.49. The Balaban J connectivity index is 2.70. The molecule has 0 saturated carbocycles. The Morgan fingerprint density at radius 1 is 1.17 bits per heavy atom. The number of piperazine rings is 1. The Labute approximate surface area is 141 Å². The molecule has 140 valence electrons. The first-order chi connectivity index (χ1) is 11.0. The molecule has 9 heteroatoms. The molecule has 0 aliphatic carbocycles. The average molecular weight is 351 g/mol. The molecular formula is C15H28F3N5O. The van der Waals surface area contributed by atoms with Gasteiger partial charge in [-0.1, -0.05) is 0 Å². The summed E-state index contributed by atoms with van der Waals surface area (Å²) in [4.78, 5) is 20.8. The maximum atomic E-state index is 12.8. The van der Waals surface area contributed by atoms with Gasteiger partial charge in [0.1, 0.15) is 12.6 Å². The summed E-state index contributed by atoms with van der Waals surface area (Å²) in [7, 11) is 3.31. The quantitative estimate of drug-likeness (QED) is 0.606. The lowest BCUT2D eigenvalue weighted by Crippen LogP contribution is -2.57. The van der Waals surface area contributed by atoms with Gasteiger partial charge < -0.3 is 15.1 Å². The molecular weight excluding hydrogens is 323 g/mol. The number of nitrogens with zero attached hydrogens (tertiary/aromatic N) is 4. The normalized spacial score (nSPS) is 18.7. The monoisotopic (exact) mass is 351 g/mol. The van der Waals surface area contributed by atoms with Crippen LogP contribution in [0, 0.1) is 0 Å². The number of nitrogens with one attached hydrogen (secondary N) is 1. The smallest absolute Gasteiger partial charge is 0.354 e. The third-order valence-electron chi connectivity index (χ3n) is 3.92. The van der Waals surface area contributed by atoms with Crippen molar-refractivity contribution >= 4 is 11.9 Å². The molecule has 1 atom stereocenters. The van der Waals surface area contributed by atoms with Crippen LogP contribution in [-0.2, 0) is 4.79 Å². The number of carbonyl (C=O) groups excluding carboxylic acids is 1. The lowest BCUT2D eigenvalue weighted by molar-refractivity contribution is -0.181. The number of aliphatic imine (C=N–C) groups is 1. The summed E-state index contributed by atoms with van der Waals surface area (Å²) in [5.41, 5.74) is 0. The fourth-order valence-corrected chi connectivity index (χ4v) is 2.31. The van der Waals surface area contributed by atoms with Crippen LogP contribution < -0.4 is 5.32 Å². The van der Waals surface area contributed by atoms with Gasteiger partial charge in [0.05, 0.1) is 0 Å². The lowest BCUT2D eigenvalue weighted by atomic mass is 10.2. The van der Waals surface area contributed by atoms with E-state index >= 15 is 0 Å². The van der Waals surface area contributed by atoms with Gasteiger partial charge in [-0.25, -0.2) is 4.99 Å². The fourth-order valence-electron chi connectivity index (χ4n) is 2.31. The number of hydrogen-bond acceptors (Lipinski definition) is 3. The molecule has 0 bridgehead atoms. The number of halogens is 3. The van der Waals surface area contributed by atoms with E-state index in [4.69, 9.17) is 0 Å². The third kappa shape index (κ3) is 6.18. The first kappa shape index (κ1) is 20.5. The maximum Gasteiger partial charge on any atom is 0.403 e. The zero-order chi connectivity index (χ0) is 18.5. The Morgan fingerprint density at radius 3 is 2.12 bits per heavy atom. The van der Waals surface area contributed by atoms with Crippen molar-refractivity contribution in [1.82, 2.24) is 20.0 Å². The zero-order valence-corrected chi connectivity index (χ0v) is 15.0. The molecule has 0 aromatic heterocycles. The number of alkyl halides is 3. The Morgan fingerprint density at radius 2 is 1.71 bits per heavy atom. The summed E-state index contributed by atoms with van der Waals surface area (Å²) in [5.74, 6) is 0.446. The van der Waals surface area contributed by atoms with Crippen LogP contribution in [0.15, 0.2) is 4.99 Å². The first-order valence-electron chi connectivity index (χ1n) is 8.09.